The Morgan fingerprint density at radius 2 is 2.28 bits per heavy atom. The Kier molecular flexibility index (Phi) is 2.41. The van der Waals surface area contributed by atoms with Gasteiger partial charge < -0.3 is 15.2 Å². The van der Waals surface area contributed by atoms with E-state index in [2.05, 4.69) is 15.6 Å². The van der Waals surface area contributed by atoms with Crippen molar-refractivity contribution in [1.82, 2.24) is 14.9 Å². The number of carbonyl (C=O) groups excluding carboxylic acids is 1. The molecule has 0 spiro atoms. The SMILES string of the molecule is CNC1C(=O)Nc2cc(-n3ccnc3C)ccc21. The van der Waals surface area contributed by atoms with Crippen molar-refractivity contribution >= 4 is 11.6 Å². The topological polar surface area (TPSA) is 59.0 Å². The average Bonchev–Trinajstić information content (AvgIpc) is 2.90. The van der Waals surface area contributed by atoms with Crippen molar-refractivity contribution in [1.29, 1.82) is 0 Å². The molecule has 1 unspecified atom stereocenters. The number of aromatic nitrogens is 2. The molecule has 2 N–H and O–H groups in total. The number of nitrogens with zero attached hydrogens (tertiary/aromatic N) is 2. The van der Waals surface area contributed by atoms with Crippen LogP contribution < -0.4 is 10.6 Å². The van der Waals surface area contributed by atoms with E-state index in [9.17, 15) is 4.79 Å². The number of hydrogen-bond donors (Lipinski definition) is 2. The normalized spacial score (nSPS) is 17.7. The van der Waals surface area contributed by atoms with Gasteiger partial charge in [-0.2, -0.15) is 0 Å². The molecule has 2 aromatic rings. The van der Waals surface area contributed by atoms with Crippen LogP contribution in [-0.2, 0) is 4.79 Å². The van der Waals surface area contributed by atoms with E-state index in [-0.39, 0.29) is 11.9 Å². The van der Waals surface area contributed by atoms with E-state index >= 15 is 0 Å². The molecule has 0 aliphatic carbocycles. The van der Waals surface area contributed by atoms with Crippen LogP contribution in [0.25, 0.3) is 5.69 Å². The summed E-state index contributed by atoms with van der Waals surface area (Å²) in [6, 6.07) is 5.69. The number of aryl methyl sites for hydroxylation is 1. The van der Waals surface area contributed by atoms with Gasteiger partial charge >= 0.3 is 0 Å². The number of nitrogens with one attached hydrogen (secondary N) is 2. The third-order valence-corrected chi connectivity index (χ3v) is 3.26. The lowest BCUT2D eigenvalue weighted by Gasteiger charge is -2.09. The summed E-state index contributed by atoms with van der Waals surface area (Å²) in [5.74, 6) is 0.913. The summed E-state index contributed by atoms with van der Waals surface area (Å²) < 4.78 is 1.99. The summed E-state index contributed by atoms with van der Waals surface area (Å²) in [6.07, 6.45) is 3.67. The molecule has 1 aliphatic heterocycles. The molecule has 1 atom stereocenters. The number of hydrogen-bond acceptors (Lipinski definition) is 3. The fourth-order valence-electron chi connectivity index (χ4n) is 2.34. The van der Waals surface area contributed by atoms with E-state index in [1.54, 1.807) is 13.2 Å². The zero-order chi connectivity index (χ0) is 12.7. The largest absolute Gasteiger partial charge is 0.324 e. The van der Waals surface area contributed by atoms with Gasteiger partial charge in [-0.15, -0.1) is 0 Å². The average molecular weight is 242 g/mol. The molecule has 5 heteroatoms. The lowest BCUT2D eigenvalue weighted by Crippen LogP contribution is -2.23. The maximum absolute atomic E-state index is 11.7. The molecule has 1 aromatic heterocycles. The Labute approximate surface area is 105 Å². The van der Waals surface area contributed by atoms with Gasteiger partial charge in [-0.3, -0.25) is 4.79 Å². The van der Waals surface area contributed by atoms with Gasteiger partial charge in [0.25, 0.3) is 0 Å². The molecule has 0 radical (unpaired) electrons. The maximum Gasteiger partial charge on any atom is 0.246 e. The third-order valence-electron chi connectivity index (χ3n) is 3.26. The number of imidazole rings is 1. The Morgan fingerprint density at radius 1 is 1.44 bits per heavy atom. The van der Waals surface area contributed by atoms with E-state index in [4.69, 9.17) is 0 Å². The van der Waals surface area contributed by atoms with Gasteiger partial charge in [-0.1, -0.05) is 6.07 Å². The highest BCUT2D eigenvalue weighted by Gasteiger charge is 2.29. The number of fused-ring (bicyclic) bond motifs is 1. The molecule has 0 saturated heterocycles. The smallest absolute Gasteiger partial charge is 0.246 e. The minimum atomic E-state index is -0.252. The zero-order valence-corrected chi connectivity index (χ0v) is 10.3. The Hall–Kier alpha value is -2.14. The number of benzene rings is 1. The molecule has 0 saturated carbocycles. The summed E-state index contributed by atoms with van der Waals surface area (Å²) in [5, 5.41) is 5.89. The van der Waals surface area contributed by atoms with Gasteiger partial charge in [-0.25, -0.2) is 4.98 Å². The molecule has 2 heterocycles. The molecular formula is C13H14N4O. The Bertz CT molecular complexity index is 617. The molecule has 3 rings (SSSR count). The van der Waals surface area contributed by atoms with Crippen molar-refractivity contribution in [2.45, 2.75) is 13.0 Å². The summed E-state index contributed by atoms with van der Waals surface area (Å²) in [4.78, 5) is 15.9. The zero-order valence-electron chi connectivity index (χ0n) is 10.3. The maximum atomic E-state index is 11.7. The van der Waals surface area contributed by atoms with Crippen molar-refractivity contribution in [3.63, 3.8) is 0 Å². The highest BCUT2D eigenvalue weighted by Crippen LogP contribution is 2.32. The quantitative estimate of drug-likeness (QED) is 0.836. The number of likely N-dealkylation sites (N-methyl/N-ethyl adjacent to an activating group) is 1. The summed E-state index contributed by atoms with van der Waals surface area (Å²) in [5.41, 5.74) is 2.86. The third kappa shape index (κ3) is 1.52. The van der Waals surface area contributed by atoms with Crippen molar-refractivity contribution in [2.75, 3.05) is 12.4 Å². The second-order valence-corrected chi connectivity index (χ2v) is 4.33. The molecule has 1 aromatic carbocycles. The molecular weight excluding hydrogens is 228 g/mol. The van der Waals surface area contributed by atoms with Gasteiger partial charge in [0.2, 0.25) is 5.91 Å². The van der Waals surface area contributed by atoms with E-state index in [0.717, 1.165) is 22.8 Å². The van der Waals surface area contributed by atoms with E-state index in [1.807, 2.05) is 35.9 Å². The fraction of sp³-hybridized carbons (Fsp3) is 0.231. The fourth-order valence-corrected chi connectivity index (χ4v) is 2.34. The predicted octanol–water partition coefficient (Wildman–Crippen LogP) is 1.39. The highest BCUT2D eigenvalue weighted by molar-refractivity contribution is 6.02. The lowest BCUT2D eigenvalue weighted by molar-refractivity contribution is -0.117. The first-order chi connectivity index (χ1) is 8.70. The number of anilines is 1. The minimum absolute atomic E-state index is 0.00740. The first-order valence-electron chi connectivity index (χ1n) is 5.83. The predicted molar refractivity (Wildman–Crippen MR) is 68.7 cm³/mol. The number of carbonyl (C=O) groups is 1. The van der Waals surface area contributed by atoms with Crippen LogP contribution >= 0.6 is 0 Å². The standard InChI is InChI=1S/C13H14N4O/c1-8-15-5-6-17(8)9-3-4-10-11(7-9)16-13(18)12(10)14-2/h3-7,12,14H,1-2H3,(H,16,18). The summed E-state index contributed by atoms with van der Waals surface area (Å²) >= 11 is 0. The van der Waals surface area contributed by atoms with Crippen LogP contribution in [0.15, 0.2) is 30.6 Å². The van der Waals surface area contributed by atoms with Crippen LogP contribution in [0.4, 0.5) is 5.69 Å². The first-order valence-corrected chi connectivity index (χ1v) is 5.83. The van der Waals surface area contributed by atoms with Crippen molar-refractivity contribution in [3.8, 4) is 5.69 Å². The van der Waals surface area contributed by atoms with Crippen molar-refractivity contribution in [3.05, 3.63) is 42.0 Å². The monoisotopic (exact) mass is 242 g/mol. The van der Waals surface area contributed by atoms with Crippen LogP contribution in [0.1, 0.15) is 17.4 Å². The molecule has 92 valence electrons. The van der Waals surface area contributed by atoms with Crippen LogP contribution in [0, 0.1) is 6.92 Å². The van der Waals surface area contributed by atoms with Crippen molar-refractivity contribution in [2.24, 2.45) is 0 Å². The summed E-state index contributed by atoms with van der Waals surface area (Å²) in [6.45, 7) is 1.95. The molecule has 18 heavy (non-hydrogen) atoms. The Balaban J connectivity index is 2.07. The highest BCUT2D eigenvalue weighted by atomic mass is 16.2. The van der Waals surface area contributed by atoms with Gasteiger partial charge in [0.05, 0.1) is 0 Å². The van der Waals surface area contributed by atoms with Crippen LogP contribution in [0.3, 0.4) is 0 Å². The van der Waals surface area contributed by atoms with E-state index in [1.165, 1.54) is 0 Å². The van der Waals surface area contributed by atoms with Crippen molar-refractivity contribution < 1.29 is 4.79 Å². The molecule has 5 nitrogen and oxygen atoms in total. The number of amides is 1. The van der Waals surface area contributed by atoms with E-state index in [0.29, 0.717) is 0 Å². The van der Waals surface area contributed by atoms with Crippen LogP contribution in [0.2, 0.25) is 0 Å². The van der Waals surface area contributed by atoms with Gasteiger partial charge in [0.1, 0.15) is 11.9 Å². The Morgan fingerprint density at radius 3 is 2.94 bits per heavy atom. The van der Waals surface area contributed by atoms with E-state index < -0.39 is 0 Å². The summed E-state index contributed by atoms with van der Waals surface area (Å²) in [7, 11) is 1.78. The second kappa shape index (κ2) is 3.96. The second-order valence-electron chi connectivity index (χ2n) is 4.33. The molecule has 1 aliphatic rings. The molecule has 0 fully saturated rings. The van der Waals surface area contributed by atoms with Gasteiger partial charge in [0, 0.05) is 29.3 Å². The van der Waals surface area contributed by atoms with Gasteiger partial charge in [0.15, 0.2) is 0 Å². The first kappa shape index (κ1) is 11.0. The van der Waals surface area contributed by atoms with Crippen LogP contribution in [0.5, 0.6) is 0 Å². The molecule has 0 bridgehead atoms. The molecule has 1 amide bonds. The number of rotatable bonds is 2. The minimum Gasteiger partial charge on any atom is -0.324 e. The van der Waals surface area contributed by atoms with Gasteiger partial charge in [-0.05, 0) is 26.1 Å². The lowest BCUT2D eigenvalue weighted by atomic mass is 10.1. The van der Waals surface area contributed by atoms with Crippen LogP contribution in [-0.4, -0.2) is 22.5 Å².